The Morgan fingerprint density at radius 2 is 2.05 bits per heavy atom. The number of hydrogen-bond donors (Lipinski definition) is 3. The maximum atomic E-state index is 12.1. The van der Waals surface area contributed by atoms with Gasteiger partial charge in [-0.25, -0.2) is 13.1 Å². The van der Waals surface area contributed by atoms with E-state index in [2.05, 4.69) is 20.2 Å². The van der Waals surface area contributed by atoms with Crippen LogP contribution in [0.25, 0.3) is 0 Å². The van der Waals surface area contributed by atoms with E-state index < -0.39 is 10.0 Å². The number of aromatic amines is 1. The molecule has 0 saturated carbocycles. The zero-order valence-corrected chi connectivity index (χ0v) is 13.3. The summed E-state index contributed by atoms with van der Waals surface area (Å²) in [5.74, 6) is 0. The van der Waals surface area contributed by atoms with E-state index >= 15 is 0 Å². The minimum absolute atomic E-state index is 0.0810. The normalized spacial score (nSPS) is 12.5. The molecular weight excluding hydrogens is 280 g/mol. The highest BCUT2D eigenvalue weighted by atomic mass is 32.2. The molecule has 1 aromatic heterocycles. The number of nitrogens with one attached hydrogen (secondary N) is 3. The van der Waals surface area contributed by atoms with E-state index in [1.165, 1.54) is 6.20 Å². The maximum Gasteiger partial charge on any atom is 0.257 e. The molecule has 0 fully saturated rings. The van der Waals surface area contributed by atoms with E-state index in [0.717, 1.165) is 0 Å². The van der Waals surface area contributed by atoms with Gasteiger partial charge in [0.15, 0.2) is 5.03 Å². The summed E-state index contributed by atoms with van der Waals surface area (Å²) in [7, 11) is -3.58. The molecule has 7 nitrogen and oxygen atoms in total. The van der Waals surface area contributed by atoms with E-state index in [1.54, 1.807) is 0 Å². The van der Waals surface area contributed by atoms with Crippen LogP contribution in [0.3, 0.4) is 0 Å². The van der Waals surface area contributed by atoms with Gasteiger partial charge in [0.1, 0.15) is 0 Å². The molecule has 3 N–H and O–H groups in total. The number of sulfonamides is 1. The Kier molecular flexibility index (Phi) is 6.60. The minimum atomic E-state index is -3.58. The average Bonchev–Trinajstić information content (AvgIpc) is 2.81. The Balaban J connectivity index is 2.61. The van der Waals surface area contributed by atoms with Crippen LogP contribution in [0.2, 0.25) is 0 Å². The lowest BCUT2D eigenvalue weighted by Crippen LogP contribution is -2.30. The topological polar surface area (TPSA) is 96.1 Å². The summed E-state index contributed by atoms with van der Waals surface area (Å²) in [5.41, 5.74) is 0.621. The van der Waals surface area contributed by atoms with E-state index in [9.17, 15) is 8.42 Å². The van der Waals surface area contributed by atoms with Gasteiger partial charge >= 0.3 is 0 Å². The van der Waals surface area contributed by atoms with E-state index in [-0.39, 0.29) is 23.7 Å². The Hall–Kier alpha value is -0.960. The number of rotatable bonds is 9. The molecule has 0 amide bonds. The molecule has 1 rings (SSSR count). The van der Waals surface area contributed by atoms with Crippen LogP contribution in [0.15, 0.2) is 11.2 Å². The van der Waals surface area contributed by atoms with Crippen LogP contribution >= 0.6 is 0 Å². The summed E-state index contributed by atoms with van der Waals surface area (Å²) >= 11 is 0. The van der Waals surface area contributed by atoms with Crippen LogP contribution in [0.4, 0.5) is 0 Å². The van der Waals surface area contributed by atoms with E-state index in [1.807, 2.05) is 27.7 Å². The van der Waals surface area contributed by atoms with Gasteiger partial charge in [0, 0.05) is 24.7 Å². The lowest BCUT2D eigenvalue weighted by atomic mass is 10.3. The smallest absolute Gasteiger partial charge is 0.257 e. The van der Waals surface area contributed by atoms with Crippen molar-refractivity contribution in [3.8, 4) is 0 Å². The van der Waals surface area contributed by atoms with Crippen LogP contribution in [0, 0.1) is 0 Å². The fourth-order valence-corrected chi connectivity index (χ4v) is 2.65. The summed E-state index contributed by atoms with van der Waals surface area (Å²) in [6, 6.07) is 0.271. The van der Waals surface area contributed by atoms with Crippen molar-refractivity contribution in [2.24, 2.45) is 0 Å². The van der Waals surface area contributed by atoms with Crippen LogP contribution in [-0.2, 0) is 21.3 Å². The second-order valence-corrected chi connectivity index (χ2v) is 6.78. The van der Waals surface area contributed by atoms with Gasteiger partial charge in [0.05, 0.1) is 18.9 Å². The summed E-state index contributed by atoms with van der Waals surface area (Å²) < 4.78 is 32.1. The second-order valence-electron chi connectivity index (χ2n) is 5.08. The molecule has 0 bridgehead atoms. The predicted molar refractivity (Wildman–Crippen MR) is 76.8 cm³/mol. The first-order valence-corrected chi connectivity index (χ1v) is 8.18. The standard InChI is InChI=1S/C12H24N4O3S/c1-9(2)13-7-11-8-14-16-12(11)20(17,18)15-5-6-19-10(3)4/h8-10,13,15H,5-7H2,1-4H3,(H,14,16). The Bertz CT molecular complexity index is 497. The lowest BCUT2D eigenvalue weighted by molar-refractivity contribution is 0.0833. The van der Waals surface area contributed by atoms with Crippen LogP contribution < -0.4 is 10.0 Å². The quantitative estimate of drug-likeness (QED) is 0.581. The summed E-state index contributed by atoms with van der Waals surface area (Å²) in [6.45, 7) is 8.82. The molecular formula is C12H24N4O3S. The largest absolute Gasteiger partial charge is 0.377 e. The van der Waals surface area contributed by atoms with Gasteiger partial charge in [0.25, 0.3) is 10.0 Å². The van der Waals surface area contributed by atoms with Crippen LogP contribution in [-0.4, -0.2) is 43.9 Å². The van der Waals surface area contributed by atoms with Crippen molar-refractivity contribution >= 4 is 10.0 Å². The molecule has 0 unspecified atom stereocenters. The minimum Gasteiger partial charge on any atom is -0.377 e. The fourth-order valence-electron chi connectivity index (χ4n) is 1.51. The van der Waals surface area contributed by atoms with Gasteiger partial charge in [-0.15, -0.1) is 0 Å². The number of nitrogens with zero attached hydrogens (tertiary/aromatic N) is 1. The highest BCUT2D eigenvalue weighted by Crippen LogP contribution is 2.11. The van der Waals surface area contributed by atoms with Crippen molar-refractivity contribution < 1.29 is 13.2 Å². The third-order valence-electron chi connectivity index (χ3n) is 2.49. The van der Waals surface area contributed by atoms with Crippen LogP contribution in [0.1, 0.15) is 33.3 Å². The number of H-pyrrole nitrogens is 1. The molecule has 8 heteroatoms. The highest BCUT2D eigenvalue weighted by Gasteiger charge is 2.20. The molecule has 0 aromatic carbocycles. The van der Waals surface area contributed by atoms with E-state index in [4.69, 9.17) is 4.74 Å². The third kappa shape index (κ3) is 5.58. The molecule has 0 aliphatic heterocycles. The van der Waals surface area contributed by atoms with Crippen molar-refractivity contribution in [1.82, 2.24) is 20.2 Å². The van der Waals surface area contributed by atoms with Gasteiger partial charge in [-0.05, 0) is 13.8 Å². The Morgan fingerprint density at radius 3 is 2.65 bits per heavy atom. The molecule has 0 atom stereocenters. The van der Waals surface area contributed by atoms with Gasteiger partial charge in [-0.1, -0.05) is 13.8 Å². The molecule has 20 heavy (non-hydrogen) atoms. The number of aromatic nitrogens is 2. The molecule has 1 aromatic rings. The first-order valence-electron chi connectivity index (χ1n) is 6.70. The van der Waals surface area contributed by atoms with Gasteiger partial charge < -0.3 is 10.1 Å². The first-order chi connectivity index (χ1) is 9.33. The Morgan fingerprint density at radius 1 is 1.35 bits per heavy atom. The zero-order chi connectivity index (χ0) is 15.2. The number of ether oxygens (including phenoxy) is 1. The van der Waals surface area contributed by atoms with Crippen molar-refractivity contribution in [2.45, 2.75) is 51.4 Å². The summed E-state index contributed by atoms with van der Waals surface area (Å²) in [5, 5.41) is 9.62. The van der Waals surface area contributed by atoms with Crippen molar-refractivity contribution in [3.63, 3.8) is 0 Å². The van der Waals surface area contributed by atoms with Gasteiger partial charge in [-0.2, -0.15) is 5.10 Å². The lowest BCUT2D eigenvalue weighted by Gasteiger charge is -2.10. The molecule has 0 spiro atoms. The summed E-state index contributed by atoms with van der Waals surface area (Å²) in [4.78, 5) is 0. The fraction of sp³-hybridized carbons (Fsp3) is 0.750. The second kappa shape index (κ2) is 7.72. The molecule has 0 saturated heterocycles. The van der Waals surface area contributed by atoms with Crippen molar-refractivity contribution in [3.05, 3.63) is 11.8 Å². The molecule has 0 radical (unpaired) electrons. The van der Waals surface area contributed by atoms with Crippen LogP contribution in [0.5, 0.6) is 0 Å². The molecule has 1 heterocycles. The molecule has 0 aliphatic carbocycles. The van der Waals surface area contributed by atoms with Gasteiger partial charge in [-0.3, -0.25) is 5.10 Å². The molecule has 0 aliphatic rings. The monoisotopic (exact) mass is 304 g/mol. The highest BCUT2D eigenvalue weighted by molar-refractivity contribution is 7.89. The molecule has 116 valence electrons. The SMILES string of the molecule is CC(C)NCc1cn[nH]c1S(=O)(=O)NCCOC(C)C. The number of hydrogen-bond acceptors (Lipinski definition) is 5. The van der Waals surface area contributed by atoms with Crippen molar-refractivity contribution in [1.29, 1.82) is 0 Å². The average molecular weight is 304 g/mol. The summed E-state index contributed by atoms with van der Waals surface area (Å²) in [6.07, 6.45) is 1.60. The maximum absolute atomic E-state index is 12.1. The Labute approximate surface area is 120 Å². The zero-order valence-electron chi connectivity index (χ0n) is 12.4. The van der Waals surface area contributed by atoms with Crippen molar-refractivity contribution in [2.75, 3.05) is 13.2 Å². The first kappa shape index (κ1) is 17.1. The predicted octanol–water partition coefficient (Wildman–Crippen LogP) is 0.611. The third-order valence-corrected chi connectivity index (χ3v) is 3.97. The van der Waals surface area contributed by atoms with E-state index in [0.29, 0.717) is 18.7 Å². The van der Waals surface area contributed by atoms with Gasteiger partial charge in [0.2, 0.25) is 0 Å².